The highest BCUT2D eigenvalue weighted by Gasteiger charge is 2.13. The van der Waals surface area contributed by atoms with E-state index in [4.69, 9.17) is 15.9 Å². The van der Waals surface area contributed by atoms with Gasteiger partial charge in [0.2, 0.25) is 0 Å². The average molecular weight is 273 g/mol. The fourth-order valence-corrected chi connectivity index (χ4v) is 2.51. The van der Waals surface area contributed by atoms with Gasteiger partial charge >= 0.3 is 0 Å². The van der Waals surface area contributed by atoms with Crippen LogP contribution in [0.2, 0.25) is 0 Å². The van der Waals surface area contributed by atoms with Crippen LogP contribution < -0.4 is 10.5 Å². The first-order valence-corrected chi connectivity index (χ1v) is 6.89. The van der Waals surface area contributed by atoms with Gasteiger partial charge in [-0.15, -0.1) is 11.8 Å². The van der Waals surface area contributed by atoms with Gasteiger partial charge in [-0.3, -0.25) is 10.4 Å². The van der Waals surface area contributed by atoms with Gasteiger partial charge in [0.25, 0.3) is 0 Å². The summed E-state index contributed by atoms with van der Waals surface area (Å²) in [5, 5.41) is 7.73. The van der Waals surface area contributed by atoms with Gasteiger partial charge in [-0.05, 0) is 30.0 Å². The molecule has 0 radical (unpaired) electrons. The molecule has 1 heterocycles. The number of thioether (sulfide) groups is 1. The molecule has 1 aromatic heterocycles. The van der Waals surface area contributed by atoms with Gasteiger partial charge in [0.15, 0.2) is 0 Å². The smallest absolute Gasteiger partial charge is 0.145 e. The molecular formula is C14H15N3OS. The van der Waals surface area contributed by atoms with Gasteiger partial charge in [-0.1, -0.05) is 13.0 Å². The van der Waals surface area contributed by atoms with E-state index in [-0.39, 0.29) is 5.84 Å². The van der Waals surface area contributed by atoms with Gasteiger partial charge in [0.05, 0.1) is 11.8 Å². The minimum absolute atomic E-state index is 0.00967. The zero-order valence-corrected chi connectivity index (χ0v) is 11.4. The number of rotatable bonds is 5. The highest BCUT2D eigenvalue weighted by Crippen LogP contribution is 2.32. The molecule has 0 unspecified atom stereocenters. The largest absolute Gasteiger partial charge is 0.455 e. The SMILES string of the molecule is CCSc1cccc(Oc2cccnc2)c1C(=N)N. The van der Waals surface area contributed by atoms with E-state index in [1.165, 1.54) is 0 Å². The third-order valence-electron chi connectivity index (χ3n) is 2.42. The van der Waals surface area contributed by atoms with Crippen molar-refractivity contribution in [1.29, 1.82) is 5.41 Å². The number of pyridine rings is 1. The Morgan fingerprint density at radius 3 is 2.84 bits per heavy atom. The number of amidine groups is 1. The number of nitrogens with zero attached hydrogens (tertiary/aromatic N) is 1. The molecule has 2 aromatic rings. The number of nitrogens with one attached hydrogen (secondary N) is 1. The van der Waals surface area contributed by atoms with Gasteiger partial charge in [0, 0.05) is 11.1 Å². The number of benzene rings is 1. The van der Waals surface area contributed by atoms with Crippen molar-refractivity contribution in [3.05, 3.63) is 48.3 Å². The van der Waals surface area contributed by atoms with Crippen LogP contribution in [0.25, 0.3) is 0 Å². The van der Waals surface area contributed by atoms with Crippen LogP contribution in [0.5, 0.6) is 11.5 Å². The second kappa shape index (κ2) is 6.24. The highest BCUT2D eigenvalue weighted by molar-refractivity contribution is 7.99. The number of nitrogens with two attached hydrogens (primary N) is 1. The monoisotopic (exact) mass is 273 g/mol. The molecule has 0 fully saturated rings. The van der Waals surface area contributed by atoms with E-state index in [2.05, 4.69) is 11.9 Å². The lowest BCUT2D eigenvalue weighted by Gasteiger charge is -2.13. The molecule has 0 saturated heterocycles. The topological polar surface area (TPSA) is 72.0 Å². The number of nitrogen functional groups attached to an aromatic ring is 1. The van der Waals surface area contributed by atoms with Crippen molar-refractivity contribution in [3.8, 4) is 11.5 Å². The molecule has 4 nitrogen and oxygen atoms in total. The number of hydrogen-bond acceptors (Lipinski definition) is 4. The van der Waals surface area contributed by atoms with Crippen molar-refractivity contribution in [2.45, 2.75) is 11.8 Å². The molecule has 0 saturated carbocycles. The van der Waals surface area contributed by atoms with Crippen LogP contribution in [0, 0.1) is 5.41 Å². The van der Waals surface area contributed by atoms with Crippen molar-refractivity contribution in [2.75, 3.05) is 5.75 Å². The van der Waals surface area contributed by atoms with Gasteiger partial charge in [-0.25, -0.2) is 0 Å². The van der Waals surface area contributed by atoms with E-state index in [1.807, 2.05) is 24.3 Å². The van der Waals surface area contributed by atoms with Crippen molar-refractivity contribution < 1.29 is 4.74 Å². The molecule has 1 aromatic carbocycles. The molecule has 0 atom stereocenters. The van der Waals surface area contributed by atoms with Crippen molar-refractivity contribution in [1.82, 2.24) is 4.98 Å². The Labute approximate surface area is 116 Å². The van der Waals surface area contributed by atoms with E-state index in [0.717, 1.165) is 10.6 Å². The summed E-state index contributed by atoms with van der Waals surface area (Å²) in [6, 6.07) is 9.27. The summed E-state index contributed by atoms with van der Waals surface area (Å²) in [4.78, 5) is 4.95. The molecule has 2 rings (SSSR count). The first kappa shape index (κ1) is 13.4. The summed E-state index contributed by atoms with van der Waals surface area (Å²) in [6.45, 7) is 2.06. The predicted octanol–water partition coefficient (Wildman–Crippen LogP) is 3.27. The second-order valence-electron chi connectivity index (χ2n) is 3.77. The zero-order valence-electron chi connectivity index (χ0n) is 10.6. The Morgan fingerprint density at radius 2 is 2.21 bits per heavy atom. The Bertz CT molecular complexity index is 572. The third kappa shape index (κ3) is 3.26. The molecule has 0 aliphatic heterocycles. The van der Waals surface area contributed by atoms with Crippen LogP contribution >= 0.6 is 11.8 Å². The molecule has 0 spiro atoms. The molecule has 3 N–H and O–H groups in total. The van der Waals surface area contributed by atoms with Crippen LogP contribution in [0.3, 0.4) is 0 Å². The van der Waals surface area contributed by atoms with E-state index in [1.54, 1.807) is 30.2 Å². The maximum absolute atomic E-state index is 7.73. The van der Waals surface area contributed by atoms with E-state index in [0.29, 0.717) is 17.1 Å². The second-order valence-corrected chi connectivity index (χ2v) is 5.07. The molecular weight excluding hydrogens is 258 g/mol. The normalized spacial score (nSPS) is 10.2. The van der Waals surface area contributed by atoms with Crippen LogP contribution in [0.1, 0.15) is 12.5 Å². The molecule has 0 aliphatic carbocycles. The number of hydrogen-bond donors (Lipinski definition) is 2. The summed E-state index contributed by atoms with van der Waals surface area (Å²) >= 11 is 1.64. The Hall–Kier alpha value is -2.01. The Kier molecular flexibility index (Phi) is 4.41. The van der Waals surface area contributed by atoms with Crippen LogP contribution in [0.15, 0.2) is 47.6 Å². The maximum Gasteiger partial charge on any atom is 0.145 e. The fourth-order valence-electron chi connectivity index (χ4n) is 1.67. The fraction of sp³-hybridized carbons (Fsp3) is 0.143. The summed E-state index contributed by atoms with van der Waals surface area (Å²) in [5.41, 5.74) is 6.31. The first-order valence-electron chi connectivity index (χ1n) is 5.90. The average Bonchev–Trinajstić information content (AvgIpc) is 2.40. The van der Waals surface area contributed by atoms with Crippen molar-refractivity contribution >= 4 is 17.6 Å². The standard InChI is InChI=1S/C14H15N3OS/c1-2-19-12-7-3-6-11(13(12)14(15)16)18-10-5-4-8-17-9-10/h3-9H,2H2,1H3,(H3,15,16). The first-order chi connectivity index (χ1) is 9.22. The quantitative estimate of drug-likeness (QED) is 0.498. The van der Waals surface area contributed by atoms with Crippen LogP contribution in [-0.2, 0) is 0 Å². The lowest BCUT2D eigenvalue weighted by Crippen LogP contribution is -2.13. The van der Waals surface area contributed by atoms with Crippen LogP contribution in [0.4, 0.5) is 0 Å². The summed E-state index contributed by atoms with van der Waals surface area (Å²) in [7, 11) is 0. The zero-order chi connectivity index (χ0) is 13.7. The molecule has 0 bridgehead atoms. The van der Waals surface area contributed by atoms with Gasteiger partial charge in [-0.2, -0.15) is 0 Å². The molecule has 0 amide bonds. The molecule has 0 aliphatic rings. The minimum atomic E-state index is 0.00967. The number of ether oxygens (including phenoxy) is 1. The summed E-state index contributed by atoms with van der Waals surface area (Å²) < 4.78 is 5.76. The highest BCUT2D eigenvalue weighted by atomic mass is 32.2. The molecule has 5 heteroatoms. The molecule has 19 heavy (non-hydrogen) atoms. The third-order valence-corrected chi connectivity index (χ3v) is 3.36. The van der Waals surface area contributed by atoms with E-state index >= 15 is 0 Å². The lowest BCUT2D eigenvalue weighted by molar-refractivity contribution is 0.477. The Balaban J connectivity index is 2.39. The minimum Gasteiger partial charge on any atom is -0.455 e. The predicted molar refractivity (Wildman–Crippen MR) is 78.2 cm³/mol. The Morgan fingerprint density at radius 1 is 1.37 bits per heavy atom. The van der Waals surface area contributed by atoms with E-state index in [9.17, 15) is 0 Å². The summed E-state index contributed by atoms with van der Waals surface area (Å²) in [5.74, 6) is 2.13. The van der Waals surface area contributed by atoms with Gasteiger partial charge < -0.3 is 10.5 Å². The number of aromatic nitrogens is 1. The van der Waals surface area contributed by atoms with E-state index < -0.39 is 0 Å². The molecule has 98 valence electrons. The maximum atomic E-state index is 7.73. The van der Waals surface area contributed by atoms with Crippen molar-refractivity contribution in [3.63, 3.8) is 0 Å². The summed E-state index contributed by atoms with van der Waals surface area (Å²) in [6.07, 6.45) is 3.31. The van der Waals surface area contributed by atoms with Gasteiger partial charge in [0.1, 0.15) is 17.3 Å². The van der Waals surface area contributed by atoms with Crippen molar-refractivity contribution in [2.24, 2.45) is 5.73 Å². The lowest BCUT2D eigenvalue weighted by atomic mass is 10.2. The van der Waals surface area contributed by atoms with Crippen LogP contribution in [-0.4, -0.2) is 16.6 Å².